The van der Waals surface area contributed by atoms with Crippen LogP contribution in [-0.4, -0.2) is 31.9 Å². The lowest BCUT2D eigenvalue weighted by atomic mass is 10.2. The van der Waals surface area contributed by atoms with Gasteiger partial charge in [0.1, 0.15) is 10.8 Å². The van der Waals surface area contributed by atoms with Gasteiger partial charge in [0.2, 0.25) is 11.0 Å². The number of aromatic nitrogens is 3. The van der Waals surface area contributed by atoms with Gasteiger partial charge in [-0.05, 0) is 59.3 Å². The zero-order chi connectivity index (χ0) is 18.5. The molecule has 0 unspecified atom stereocenters. The molecule has 132 valence electrons. The topological polar surface area (TPSA) is 100 Å². The van der Waals surface area contributed by atoms with E-state index in [9.17, 15) is 9.90 Å². The fourth-order valence-corrected chi connectivity index (χ4v) is 3.06. The first-order chi connectivity index (χ1) is 12.5. The predicted molar refractivity (Wildman–Crippen MR) is 105 cm³/mol. The van der Waals surface area contributed by atoms with Crippen LogP contribution in [0.25, 0.3) is 10.6 Å². The molecule has 1 aromatic carbocycles. The number of halogens is 1. The summed E-state index contributed by atoms with van der Waals surface area (Å²) in [5, 5.41) is 21.1. The number of carbonyl (C=O) groups is 1. The van der Waals surface area contributed by atoms with Crippen molar-refractivity contribution in [3.8, 4) is 16.3 Å². The van der Waals surface area contributed by atoms with E-state index in [0.717, 1.165) is 10.0 Å². The van der Waals surface area contributed by atoms with Gasteiger partial charge in [-0.15, -0.1) is 10.2 Å². The molecule has 1 amide bonds. The first kappa shape index (κ1) is 18.2. The van der Waals surface area contributed by atoms with Crippen molar-refractivity contribution >= 4 is 49.8 Å². The zero-order valence-electron chi connectivity index (χ0n) is 13.7. The van der Waals surface area contributed by atoms with Gasteiger partial charge in [-0.25, -0.2) is 9.98 Å². The Labute approximate surface area is 162 Å². The predicted octanol–water partition coefficient (Wildman–Crippen LogP) is 4.19. The van der Waals surface area contributed by atoms with Crippen LogP contribution < -0.4 is 5.32 Å². The van der Waals surface area contributed by atoms with Gasteiger partial charge in [-0.2, -0.15) is 0 Å². The Kier molecular flexibility index (Phi) is 5.69. The van der Waals surface area contributed by atoms with E-state index in [0.29, 0.717) is 21.7 Å². The summed E-state index contributed by atoms with van der Waals surface area (Å²) in [7, 11) is 0. The van der Waals surface area contributed by atoms with Gasteiger partial charge in [0, 0.05) is 21.9 Å². The summed E-state index contributed by atoms with van der Waals surface area (Å²) in [6, 6.07) is 10.2. The van der Waals surface area contributed by atoms with Crippen LogP contribution in [0.1, 0.15) is 13.3 Å². The van der Waals surface area contributed by atoms with Crippen molar-refractivity contribution < 1.29 is 9.90 Å². The summed E-state index contributed by atoms with van der Waals surface area (Å²) in [6.45, 7) is 1.77. The number of carbonyl (C=O) groups excluding carboxylic acids is 1. The third-order valence-electron chi connectivity index (χ3n) is 3.22. The molecule has 0 aliphatic heterocycles. The van der Waals surface area contributed by atoms with Crippen molar-refractivity contribution in [1.29, 1.82) is 0 Å². The average molecular weight is 432 g/mol. The molecule has 2 N–H and O–H groups in total. The molecule has 26 heavy (non-hydrogen) atoms. The minimum atomic E-state index is -0.225. The molecule has 3 aromatic rings. The van der Waals surface area contributed by atoms with Crippen LogP contribution in [0.4, 0.5) is 10.9 Å². The molecule has 0 radical (unpaired) electrons. The molecule has 2 heterocycles. The van der Waals surface area contributed by atoms with Crippen molar-refractivity contribution in [2.75, 3.05) is 5.32 Å². The second-order valence-corrected chi connectivity index (χ2v) is 7.26. The Balaban J connectivity index is 1.61. The van der Waals surface area contributed by atoms with E-state index in [4.69, 9.17) is 0 Å². The maximum Gasteiger partial charge on any atom is 0.231 e. The number of rotatable bonds is 5. The molecule has 2 aromatic heterocycles. The number of nitrogens with zero attached hydrogens (tertiary/aromatic N) is 4. The standard InChI is InChI=1S/C17H14BrN5O2S/c1-10(20-14-7-4-12(18)9-19-14)8-15(25)21-17-23-22-16(26-17)11-2-5-13(24)6-3-11/h2-7,9,24H,8H2,1H3,(H,21,23,25). The van der Waals surface area contributed by atoms with Crippen LogP contribution in [0.3, 0.4) is 0 Å². The Morgan fingerprint density at radius 2 is 2.00 bits per heavy atom. The number of aliphatic imine (C=N–C) groups is 1. The van der Waals surface area contributed by atoms with Crippen molar-refractivity contribution in [3.05, 3.63) is 47.1 Å². The largest absolute Gasteiger partial charge is 0.508 e. The van der Waals surface area contributed by atoms with Crippen LogP contribution in [-0.2, 0) is 4.79 Å². The van der Waals surface area contributed by atoms with Crippen LogP contribution in [0.2, 0.25) is 0 Å². The minimum absolute atomic E-state index is 0.131. The van der Waals surface area contributed by atoms with Crippen LogP contribution in [0.5, 0.6) is 5.75 Å². The molecule has 0 spiro atoms. The summed E-state index contributed by atoms with van der Waals surface area (Å²) in [6.07, 6.45) is 1.78. The van der Waals surface area contributed by atoms with Gasteiger partial charge in [0.15, 0.2) is 5.82 Å². The maximum atomic E-state index is 12.1. The maximum absolute atomic E-state index is 12.1. The SMILES string of the molecule is CC(CC(=O)Nc1nnc(-c2ccc(O)cc2)s1)=Nc1ccc(Br)cn1. The molecule has 0 fully saturated rings. The monoisotopic (exact) mass is 431 g/mol. The number of benzene rings is 1. The lowest BCUT2D eigenvalue weighted by Gasteiger charge is -2.01. The number of phenolic OH excluding ortho intramolecular Hbond substituents is 1. The first-order valence-corrected chi connectivity index (χ1v) is 9.19. The fourth-order valence-electron chi connectivity index (χ4n) is 2.06. The second-order valence-electron chi connectivity index (χ2n) is 5.37. The van der Waals surface area contributed by atoms with Gasteiger partial charge >= 0.3 is 0 Å². The molecule has 0 saturated heterocycles. The smallest absolute Gasteiger partial charge is 0.231 e. The van der Waals surface area contributed by atoms with Gasteiger partial charge in [0.05, 0.1) is 6.42 Å². The summed E-state index contributed by atoms with van der Waals surface area (Å²) in [5.41, 5.74) is 1.46. The van der Waals surface area contributed by atoms with Crippen LogP contribution in [0, 0.1) is 0 Å². The van der Waals surface area contributed by atoms with E-state index in [1.807, 2.05) is 6.07 Å². The second kappa shape index (κ2) is 8.15. The van der Waals surface area contributed by atoms with E-state index in [2.05, 4.69) is 41.4 Å². The van der Waals surface area contributed by atoms with E-state index < -0.39 is 0 Å². The quantitative estimate of drug-likeness (QED) is 0.589. The van der Waals surface area contributed by atoms with E-state index in [1.165, 1.54) is 11.3 Å². The highest BCUT2D eigenvalue weighted by atomic mass is 79.9. The van der Waals surface area contributed by atoms with Gasteiger partial charge < -0.3 is 10.4 Å². The number of amides is 1. The summed E-state index contributed by atoms with van der Waals surface area (Å²) in [5.74, 6) is 0.502. The minimum Gasteiger partial charge on any atom is -0.508 e. The molecule has 0 saturated carbocycles. The lowest BCUT2D eigenvalue weighted by molar-refractivity contribution is -0.115. The summed E-state index contributed by atoms with van der Waals surface area (Å²) in [4.78, 5) is 20.6. The van der Waals surface area contributed by atoms with Crippen molar-refractivity contribution in [2.45, 2.75) is 13.3 Å². The van der Waals surface area contributed by atoms with Gasteiger partial charge in [-0.3, -0.25) is 4.79 Å². The number of phenols is 1. The van der Waals surface area contributed by atoms with Crippen LogP contribution in [0.15, 0.2) is 52.1 Å². The molecule has 0 atom stereocenters. The Morgan fingerprint density at radius 1 is 1.23 bits per heavy atom. The third-order valence-corrected chi connectivity index (χ3v) is 4.58. The lowest BCUT2D eigenvalue weighted by Crippen LogP contribution is -2.14. The Morgan fingerprint density at radius 3 is 2.69 bits per heavy atom. The number of hydrogen-bond acceptors (Lipinski definition) is 7. The zero-order valence-corrected chi connectivity index (χ0v) is 16.1. The van der Waals surface area contributed by atoms with E-state index >= 15 is 0 Å². The molecule has 3 rings (SSSR count). The average Bonchev–Trinajstić information content (AvgIpc) is 3.05. The molecule has 0 aliphatic carbocycles. The van der Waals surface area contributed by atoms with E-state index in [-0.39, 0.29) is 18.1 Å². The Bertz CT molecular complexity index is 939. The first-order valence-electron chi connectivity index (χ1n) is 7.58. The molecule has 7 nitrogen and oxygen atoms in total. The van der Waals surface area contributed by atoms with Crippen molar-refractivity contribution in [3.63, 3.8) is 0 Å². The number of pyridine rings is 1. The number of nitrogens with one attached hydrogen (secondary N) is 1. The Hall–Kier alpha value is -2.65. The molecule has 0 bridgehead atoms. The van der Waals surface area contributed by atoms with Crippen molar-refractivity contribution in [2.24, 2.45) is 4.99 Å². The van der Waals surface area contributed by atoms with Crippen molar-refractivity contribution in [1.82, 2.24) is 15.2 Å². The van der Waals surface area contributed by atoms with E-state index in [1.54, 1.807) is 43.5 Å². The molecule has 0 aliphatic rings. The number of aromatic hydroxyl groups is 1. The van der Waals surface area contributed by atoms with Crippen LogP contribution >= 0.6 is 27.3 Å². The number of anilines is 1. The third kappa shape index (κ3) is 4.93. The highest BCUT2D eigenvalue weighted by Crippen LogP contribution is 2.27. The van der Waals surface area contributed by atoms with Gasteiger partial charge in [0.25, 0.3) is 0 Å². The number of hydrogen-bond donors (Lipinski definition) is 2. The highest BCUT2D eigenvalue weighted by molar-refractivity contribution is 9.10. The normalized spacial score (nSPS) is 11.4. The van der Waals surface area contributed by atoms with Gasteiger partial charge in [-0.1, -0.05) is 11.3 Å². The fraction of sp³-hybridized carbons (Fsp3) is 0.118. The molecular weight excluding hydrogens is 418 g/mol. The summed E-state index contributed by atoms with van der Waals surface area (Å²) >= 11 is 4.57. The summed E-state index contributed by atoms with van der Waals surface area (Å²) < 4.78 is 0.868. The molecular formula is C17H14BrN5O2S. The highest BCUT2D eigenvalue weighted by Gasteiger charge is 2.11. The molecule has 9 heteroatoms.